The van der Waals surface area contributed by atoms with E-state index in [1.807, 2.05) is 13.8 Å². The van der Waals surface area contributed by atoms with Crippen molar-refractivity contribution in [3.05, 3.63) is 41.3 Å². The fraction of sp³-hybridized carbons (Fsp3) is 0.333. The molecule has 2 aromatic rings. The molecule has 1 heterocycles. The molecular weight excluding hydrogens is 222 g/mol. The van der Waals surface area contributed by atoms with Crippen molar-refractivity contribution in [3.63, 3.8) is 0 Å². The highest BCUT2D eigenvalue weighted by molar-refractivity contribution is 5.75. The van der Waals surface area contributed by atoms with Gasteiger partial charge in [-0.1, -0.05) is 38.1 Å². The van der Waals surface area contributed by atoms with E-state index in [9.17, 15) is 0 Å². The SMILES string of the molecule is Cc1nc(C)c(-c2ccc(C(C)C)cc2)c(N)n1. The van der Waals surface area contributed by atoms with E-state index in [1.165, 1.54) is 5.56 Å². The lowest BCUT2D eigenvalue weighted by Gasteiger charge is -2.11. The van der Waals surface area contributed by atoms with Gasteiger partial charge >= 0.3 is 0 Å². The monoisotopic (exact) mass is 241 g/mol. The largest absolute Gasteiger partial charge is 0.383 e. The van der Waals surface area contributed by atoms with Crippen molar-refractivity contribution in [2.24, 2.45) is 0 Å². The first-order chi connectivity index (χ1) is 8.49. The number of anilines is 1. The Morgan fingerprint density at radius 2 is 1.61 bits per heavy atom. The summed E-state index contributed by atoms with van der Waals surface area (Å²) in [6.07, 6.45) is 0. The summed E-state index contributed by atoms with van der Waals surface area (Å²) < 4.78 is 0. The number of nitrogens with two attached hydrogens (primary N) is 1. The molecule has 2 rings (SSSR count). The van der Waals surface area contributed by atoms with Crippen LogP contribution in [0.25, 0.3) is 11.1 Å². The van der Waals surface area contributed by atoms with Crippen LogP contribution in [-0.4, -0.2) is 9.97 Å². The molecule has 0 aliphatic rings. The number of aryl methyl sites for hydroxylation is 2. The second kappa shape index (κ2) is 4.77. The number of nitrogen functional groups attached to an aromatic ring is 1. The van der Waals surface area contributed by atoms with Crippen LogP contribution >= 0.6 is 0 Å². The number of nitrogens with zero attached hydrogens (tertiary/aromatic N) is 2. The van der Waals surface area contributed by atoms with E-state index < -0.39 is 0 Å². The molecule has 0 aliphatic carbocycles. The maximum absolute atomic E-state index is 6.00. The number of benzene rings is 1. The molecule has 0 aliphatic heterocycles. The van der Waals surface area contributed by atoms with Crippen molar-refractivity contribution in [2.45, 2.75) is 33.6 Å². The van der Waals surface area contributed by atoms with Crippen LogP contribution in [0.4, 0.5) is 5.82 Å². The number of rotatable bonds is 2. The first kappa shape index (κ1) is 12.6. The Kier molecular flexibility index (Phi) is 3.32. The lowest BCUT2D eigenvalue weighted by atomic mass is 9.98. The Morgan fingerprint density at radius 1 is 1.00 bits per heavy atom. The van der Waals surface area contributed by atoms with Gasteiger partial charge in [0.05, 0.1) is 5.69 Å². The lowest BCUT2D eigenvalue weighted by molar-refractivity contribution is 0.867. The standard InChI is InChI=1S/C15H19N3/c1-9(2)12-5-7-13(8-6-12)14-10(3)17-11(4)18-15(14)16/h5-9H,1-4H3,(H2,16,17,18). The van der Waals surface area contributed by atoms with Crippen LogP contribution in [0.15, 0.2) is 24.3 Å². The Morgan fingerprint density at radius 3 is 2.11 bits per heavy atom. The van der Waals surface area contributed by atoms with E-state index in [-0.39, 0.29) is 0 Å². The summed E-state index contributed by atoms with van der Waals surface area (Å²) in [6.45, 7) is 8.19. The van der Waals surface area contributed by atoms with Crippen LogP contribution in [0, 0.1) is 13.8 Å². The predicted octanol–water partition coefficient (Wildman–Crippen LogP) is 3.47. The highest BCUT2D eigenvalue weighted by Crippen LogP contribution is 2.28. The lowest BCUT2D eigenvalue weighted by Crippen LogP contribution is -2.02. The van der Waals surface area contributed by atoms with Crippen LogP contribution in [0.3, 0.4) is 0 Å². The zero-order valence-corrected chi connectivity index (χ0v) is 11.4. The van der Waals surface area contributed by atoms with Crippen LogP contribution in [0.2, 0.25) is 0 Å². The van der Waals surface area contributed by atoms with E-state index in [4.69, 9.17) is 5.73 Å². The van der Waals surface area contributed by atoms with E-state index in [0.29, 0.717) is 17.6 Å². The molecule has 0 radical (unpaired) electrons. The highest BCUT2D eigenvalue weighted by Gasteiger charge is 2.10. The van der Waals surface area contributed by atoms with Crippen LogP contribution in [0.5, 0.6) is 0 Å². The van der Waals surface area contributed by atoms with Crippen molar-refractivity contribution in [3.8, 4) is 11.1 Å². The molecular formula is C15H19N3. The molecule has 0 saturated heterocycles. The molecule has 0 fully saturated rings. The Bertz CT molecular complexity index is 533. The van der Waals surface area contributed by atoms with Gasteiger partial charge in [-0.05, 0) is 30.9 Å². The van der Waals surface area contributed by atoms with Gasteiger partial charge in [0.2, 0.25) is 0 Å². The Balaban J connectivity index is 2.49. The quantitative estimate of drug-likeness (QED) is 0.876. The fourth-order valence-corrected chi connectivity index (χ4v) is 2.13. The van der Waals surface area contributed by atoms with Gasteiger partial charge in [-0.25, -0.2) is 9.97 Å². The molecule has 0 atom stereocenters. The summed E-state index contributed by atoms with van der Waals surface area (Å²) in [5, 5.41) is 0. The second-order valence-corrected chi connectivity index (χ2v) is 4.89. The summed E-state index contributed by atoms with van der Waals surface area (Å²) in [5.74, 6) is 1.80. The summed E-state index contributed by atoms with van der Waals surface area (Å²) >= 11 is 0. The normalized spacial score (nSPS) is 10.9. The van der Waals surface area contributed by atoms with Crippen molar-refractivity contribution < 1.29 is 0 Å². The first-order valence-corrected chi connectivity index (χ1v) is 6.20. The van der Waals surface area contributed by atoms with Gasteiger partial charge in [-0.3, -0.25) is 0 Å². The zero-order chi connectivity index (χ0) is 13.3. The smallest absolute Gasteiger partial charge is 0.135 e. The molecule has 0 spiro atoms. The summed E-state index contributed by atoms with van der Waals surface area (Å²) in [5.41, 5.74) is 10.3. The highest BCUT2D eigenvalue weighted by atomic mass is 14.9. The molecule has 2 N–H and O–H groups in total. The van der Waals surface area contributed by atoms with Gasteiger partial charge < -0.3 is 5.73 Å². The van der Waals surface area contributed by atoms with Gasteiger partial charge in [-0.15, -0.1) is 0 Å². The molecule has 3 nitrogen and oxygen atoms in total. The summed E-state index contributed by atoms with van der Waals surface area (Å²) in [4.78, 5) is 8.61. The molecule has 0 bridgehead atoms. The molecule has 0 saturated carbocycles. The Labute approximate surface area is 108 Å². The average Bonchev–Trinajstić information content (AvgIpc) is 2.28. The molecule has 18 heavy (non-hydrogen) atoms. The molecule has 0 amide bonds. The van der Waals surface area contributed by atoms with E-state index in [1.54, 1.807) is 0 Å². The number of hydrogen-bond acceptors (Lipinski definition) is 3. The van der Waals surface area contributed by atoms with E-state index >= 15 is 0 Å². The van der Waals surface area contributed by atoms with E-state index in [2.05, 4.69) is 48.1 Å². The van der Waals surface area contributed by atoms with E-state index in [0.717, 1.165) is 16.8 Å². The minimum Gasteiger partial charge on any atom is -0.383 e. The maximum Gasteiger partial charge on any atom is 0.135 e. The third-order valence-corrected chi connectivity index (χ3v) is 3.10. The average molecular weight is 241 g/mol. The maximum atomic E-state index is 6.00. The topological polar surface area (TPSA) is 51.8 Å². The second-order valence-electron chi connectivity index (χ2n) is 4.89. The minimum absolute atomic E-state index is 0.534. The minimum atomic E-state index is 0.534. The summed E-state index contributed by atoms with van der Waals surface area (Å²) in [6, 6.07) is 8.46. The number of aromatic nitrogens is 2. The molecule has 1 aromatic heterocycles. The van der Waals surface area contributed by atoms with Gasteiger partial charge in [0.1, 0.15) is 11.6 Å². The van der Waals surface area contributed by atoms with Crippen molar-refractivity contribution in [2.75, 3.05) is 5.73 Å². The third-order valence-electron chi connectivity index (χ3n) is 3.10. The van der Waals surface area contributed by atoms with Crippen LogP contribution < -0.4 is 5.73 Å². The van der Waals surface area contributed by atoms with Crippen LogP contribution in [0.1, 0.15) is 36.8 Å². The molecule has 1 aromatic carbocycles. The van der Waals surface area contributed by atoms with Gasteiger partial charge in [0.15, 0.2) is 0 Å². The van der Waals surface area contributed by atoms with Gasteiger partial charge in [0.25, 0.3) is 0 Å². The number of hydrogen-bond donors (Lipinski definition) is 1. The zero-order valence-electron chi connectivity index (χ0n) is 11.4. The van der Waals surface area contributed by atoms with Crippen molar-refractivity contribution in [1.29, 1.82) is 0 Å². The van der Waals surface area contributed by atoms with Gasteiger partial charge in [-0.2, -0.15) is 0 Å². The first-order valence-electron chi connectivity index (χ1n) is 6.20. The fourth-order valence-electron chi connectivity index (χ4n) is 2.13. The molecule has 94 valence electrons. The third kappa shape index (κ3) is 2.35. The van der Waals surface area contributed by atoms with Crippen molar-refractivity contribution in [1.82, 2.24) is 9.97 Å². The van der Waals surface area contributed by atoms with Crippen LogP contribution in [-0.2, 0) is 0 Å². The predicted molar refractivity (Wildman–Crippen MR) is 75.4 cm³/mol. The summed E-state index contributed by atoms with van der Waals surface area (Å²) in [7, 11) is 0. The van der Waals surface area contributed by atoms with Crippen molar-refractivity contribution >= 4 is 5.82 Å². The van der Waals surface area contributed by atoms with Gasteiger partial charge in [0, 0.05) is 5.56 Å². The Hall–Kier alpha value is -1.90. The molecule has 0 unspecified atom stereocenters. The molecule has 3 heteroatoms.